The Kier molecular flexibility index (Phi) is 8.16. The minimum Gasteiger partial charge on any atom is -0.496 e. The Morgan fingerprint density at radius 3 is 2.12 bits per heavy atom. The monoisotopic (exact) mass is 465 g/mol. The average Bonchev–Trinajstić information content (AvgIpc) is 2.76. The van der Waals surface area contributed by atoms with E-state index in [1.165, 1.54) is 25.0 Å². The summed E-state index contributed by atoms with van der Waals surface area (Å²) in [7, 11) is 1.46. The van der Waals surface area contributed by atoms with Crippen molar-refractivity contribution in [2.75, 3.05) is 20.3 Å². The van der Waals surface area contributed by atoms with E-state index in [4.69, 9.17) is 9.47 Å². The van der Waals surface area contributed by atoms with Gasteiger partial charge < -0.3 is 14.4 Å². The average molecular weight is 466 g/mol. The van der Waals surface area contributed by atoms with Gasteiger partial charge >= 0.3 is 12.1 Å². The zero-order valence-corrected chi connectivity index (χ0v) is 19.8. The van der Waals surface area contributed by atoms with Crippen LogP contribution in [0.15, 0.2) is 36.4 Å². The Morgan fingerprint density at radius 2 is 1.61 bits per heavy atom. The first-order valence-electron chi connectivity index (χ1n) is 10.7. The van der Waals surface area contributed by atoms with Crippen LogP contribution in [-0.4, -0.2) is 37.0 Å². The van der Waals surface area contributed by atoms with Crippen LogP contribution in [0.25, 0.3) is 11.1 Å². The molecule has 0 saturated heterocycles. The summed E-state index contributed by atoms with van der Waals surface area (Å²) in [5.41, 5.74) is 0.171. The van der Waals surface area contributed by atoms with Crippen molar-refractivity contribution in [3.05, 3.63) is 53.1 Å². The fourth-order valence-corrected chi connectivity index (χ4v) is 3.55. The van der Waals surface area contributed by atoms with Crippen molar-refractivity contribution < 1.29 is 32.2 Å². The van der Waals surface area contributed by atoms with Crippen LogP contribution >= 0.6 is 0 Å². The van der Waals surface area contributed by atoms with Crippen LogP contribution in [0.3, 0.4) is 0 Å². The first kappa shape index (κ1) is 26.2. The van der Waals surface area contributed by atoms with Gasteiger partial charge in [0.2, 0.25) is 5.91 Å². The lowest BCUT2D eigenvalue weighted by Gasteiger charge is -2.26. The van der Waals surface area contributed by atoms with Gasteiger partial charge in [0.25, 0.3) is 0 Å². The summed E-state index contributed by atoms with van der Waals surface area (Å²) in [6, 6.07) is 8.58. The summed E-state index contributed by atoms with van der Waals surface area (Å²) in [6.07, 6.45) is -4.53. The third-order valence-electron chi connectivity index (χ3n) is 5.62. The van der Waals surface area contributed by atoms with E-state index < -0.39 is 23.1 Å². The largest absolute Gasteiger partial charge is 0.496 e. The molecule has 0 saturated carbocycles. The van der Waals surface area contributed by atoms with Gasteiger partial charge in [0.05, 0.1) is 24.7 Å². The molecule has 33 heavy (non-hydrogen) atoms. The molecule has 0 aliphatic rings. The molecular formula is C25H30F3NO4. The van der Waals surface area contributed by atoms with E-state index in [9.17, 15) is 22.8 Å². The molecule has 0 N–H and O–H groups in total. The molecule has 0 spiro atoms. The van der Waals surface area contributed by atoms with Gasteiger partial charge in [0.1, 0.15) is 5.75 Å². The number of nitrogens with zero attached hydrogens (tertiary/aromatic N) is 1. The smallest absolute Gasteiger partial charge is 0.416 e. The molecule has 8 heteroatoms. The number of esters is 1. The number of alkyl halides is 3. The molecule has 1 amide bonds. The predicted octanol–water partition coefficient (Wildman–Crippen LogP) is 5.59. The van der Waals surface area contributed by atoms with Gasteiger partial charge in [-0.3, -0.25) is 9.59 Å². The third-order valence-corrected chi connectivity index (χ3v) is 5.62. The lowest BCUT2D eigenvalue weighted by molar-refractivity contribution is -0.148. The molecule has 0 fully saturated rings. The summed E-state index contributed by atoms with van der Waals surface area (Å²) >= 11 is 0. The van der Waals surface area contributed by atoms with Crippen LogP contribution < -0.4 is 4.74 Å². The number of carbonyl (C=O) groups excluding carboxylic acids is 2. The quantitative estimate of drug-likeness (QED) is 0.477. The SMILES string of the molecule is CCOC(=O)C(C)(C)c1ccc(OC)c(-c2ccc(C(F)(F)F)cc2CN(CC)C(C)=O)c1. The number of hydrogen-bond acceptors (Lipinski definition) is 4. The van der Waals surface area contributed by atoms with E-state index in [0.29, 0.717) is 34.5 Å². The summed E-state index contributed by atoms with van der Waals surface area (Å²) in [5, 5.41) is 0. The van der Waals surface area contributed by atoms with E-state index in [2.05, 4.69) is 0 Å². The number of methoxy groups -OCH3 is 1. The number of carbonyl (C=O) groups is 2. The molecule has 0 unspecified atom stereocenters. The second kappa shape index (κ2) is 10.3. The normalized spacial score (nSPS) is 11.8. The van der Waals surface area contributed by atoms with Crippen molar-refractivity contribution in [1.29, 1.82) is 0 Å². The van der Waals surface area contributed by atoms with Crippen molar-refractivity contribution in [3.8, 4) is 16.9 Å². The first-order valence-corrected chi connectivity index (χ1v) is 10.7. The maximum atomic E-state index is 13.5. The number of ether oxygens (including phenoxy) is 2. The Bertz CT molecular complexity index is 1020. The van der Waals surface area contributed by atoms with Crippen molar-refractivity contribution in [3.63, 3.8) is 0 Å². The third kappa shape index (κ3) is 5.86. The van der Waals surface area contributed by atoms with E-state index in [-0.39, 0.29) is 19.1 Å². The fourth-order valence-electron chi connectivity index (χ4n) is 3.55. The molecule has 2 rings (SSSR count). The number of amides is 1. The van der Waals surface area contributed by atoms with Gasteiger partial charge in [-0.05, 0) is 68.7 Å². The topological polar surface area (TPSA) is 55.8 Å². The van der Waals surface area contributed by atoms with Crippen molar-refractivity contribution in [2.24, 2.45) is 0 Å². The highest BCUT2D eigenvalue weighted by atomic mass is 19.4. The first-order chi connectivity index (χ1) is 15.4. The molecule has 5 nitrogen and oxygen atoms in total. The highest BCUT2D eigenvalue weighted by molar-refractivity contribution is 5.84. The minimum atomic E-state index is -4.53. The molecule has 2 aromatic carbocycles. The summed E-state index contributed by atoms with van der Waals surface area (Å²) in [5.74, 6) is -0.224. The van der Waals surface area contributed by atoms with Gasteiger partial charge in [-0.2, -0.15) is 13.2 Å². The number of hydrogen-bond donors (Lipinski definition) is 0. The molecule has 2 aromatic rings. The zero-order valence-electron chi connectivity index (χ0n) is 19.8. The molecule has 0 atom stereocenters. The molecule has 180 valence electrons. The Hall–Kier alpha value is -3.03. The van der Waals surface area contributed by atoms with Crippen molar-refractivity contribution in [1.82, 2.24) is 4.90 Å². The van der Waals surface area contributed by atoms with E-state index >= 15 is 0 Å². The lowest BCUT2D eigenvalue weighted by atomic mass is 9.82. The van der Waals surface area contributed by atoms with Crippen LogP contribution in [0.5, 0.6) is 5.75 Å². The highest BCUT2D eigenvalue weighted by Gasteiger charge is 2.34. The van der Waals surface area contributed by atoms with Crippen molar-refractivity contribution >= 4 is 11.9 Å². The summed E-state index contributed by atoms with van der Waals surface area (Å²) < 4.78 is 51.0. The Morgan fingerprint density at radius 1 is 0.970 bits per heavy atom. The molecule has 0 aliphatic heterocycles. The molecular weight excluding hydrogens is 435 g/mol. The number of rotatable bonds is 8. The van der Waals surface area contributed by atoms with Gasteiger partial charge in [-0.1, -0.05) is 12.1 Å². The van der Waals surface area contributed by atoms with E-state index in [0.717, 1.165) is 12.1 Å². The molecule has 0 radical (unpaired) electrons. The molecule has 0 bridgehead atoms. The second-order valence-corrected chi connectivity index (χ2v) is 8.16. The molecule has 0 aromatic heterocycles. The van der Waals surface area contributed by atoms with Gasteiger partial charge in [-0.25, -0.2) is 0 Å². The van der Waals surface area contributed by atoms with Gasteiger partial charge in [-0.15, -0.1) is 0 Å². The van der Waals surface area contributed by atoms with Crippen LogP contribution in [-0.2, 0) is 32.5 Å². The Labute approximate surface area is 192 Å². The maximum absolute atomic E-state index is 13.5. The van der Waals surface area contributed by atoms with E-state index in [1.54, 1.807) is 45.9 Å². The zero-order chi connectivity index (χ0) is 25.0. The van der Waals surface area contributed by atoms with Crippen LogP contribution in [0.4, 0.5) is 13.2 Å². The van der Waals surface area contributed by atoms with E-state index in [1.807, 2.05) is 0 Å². The standard InChI is InChI=1S/C25H30F3NO4/c1-7-29(16(3)30)15-17-13-19(25(26,27)28)9-11-20(17)21-14-18(10-12-22(21)32-6)24(4,5)23(31)33-8-2/h9-14H,7-8,15H2,1-6H3. The molecule has 0 aliphatic carbocycles. The number of benzene rings is 2. The van der Waals surface area contributed by atoms with Crippen LogP contribution in [0.1, 0.15) is 51.3 Å². The lowest BCUT2D eigenvalue weighted by Crippen LogP contribution is -2.31. The fraction of sp³-hybridized carbons (Fsp3) is 0.440. The van der Waals surface area contributed by atoms with Crippen LogP contribution in [0.2, 0.25) is 0 Å². The Balaban J connectivity index is 2.73. The summed E-state index contributed by atoms with van der Waals surface area (Å²) in [6.45, 7) is 8.87. The van der Waals surface area contributed by atoms with Crippen LogP contribution in [0, 0.1) is 0 Å². The maximum Gasteiger partial charge on any atom is 0.416 e. The number of halogens is 3. The second-order valence-electron chi connectivity index (χ2n) is 8.16. The van der Waals surface area contributed by atoms with Crippen molar-refractivity contribution in [2.45, 2.75) is 52.8 Å². The molecule has 0 heterocycles. The van der Waals surface area contributed by atoms with Gasteiger partial charge in [0.15, 0.2) is 0 Å². The van der Waals surface area contributed by atoms with Gasteiger partial charge in [0, 0.05) is 25.6 Å². The minimum absolute atomic E-state index is 0.000260. The predicted molar refractivity (Wildman–Crippen MR) is 120 cm³/mol. The highest BCUT2D eigenvalue weighted by Crippen LogP contribution is 2.39. The summed E-state index contributed by atoms with van der Waals surface area (Å²) in [4.78, 5) is 26.0.